The number of hydrogen-bond donors (Lipinski definition) is 1. The highest BCUT2D eigenvalue weighted by Gasteiger charge is 2.19. The van der Waals surface area contributed by atoms with Crippen molar-refractivity contribution in [3.63, 3.8) is 0 Å². The maximum atomic E-state index is 10.2. The maximum absolute atomic E-state index is 10.2. The van der Waals surface area contributed by atoms with Gasteiger partial charge in [-0.05, 0) is 42.5 Å². The van der Waals surface area contributed by atoms with Crippen LogP contribution in [0.15, 0.2) is 53.0 Å². The van der Waals surface area contributed by atoms with Gasteiger partial charge in [-0.3, -0.25) is 4.90 Å². The lowest BCUT2D eigenvalue weighted by Gasteiger charge is -2.36. The fraction of sp³-hybridized carbons (Fsp3) is 0.429. The Hall–Kier alpha value is -1.31. The van der Waals surface area contributed by atoms with E-state index in [0.29, 0.717) is 26.4 Å². The maximum Gasteiger partial charge on any atom is 0.119 e. The Labute approximate surface area is 179 Å². The Morgan fingerprint density at radius 2 is 1.79 bits per heavy atom. The number of β-amino-alcohol motifs (C(OH)–C–C–N with tert-alkyl or cyclic N) is 1. The first-order chi connectivity index (χ1) is 13.6. The number of ether oxygens (including phenoxy) is 2. The van der Waals surface area contributed by atoms with Crippen LogP contribution in [0.25, 0.3) is 0 Å². The zero-order valence-corrected chi connectivity index (χ0v) is 18.1. The molecule has 2 aromatic carbocycles. The van der Waals surface area contributed by atoms with Crippen LogP contribution in [0.2, 0.25) is 5.02 Å². The lowest BCUT2D eigenvalue weighted by Crippen LogP contribution is -2.49. The minimum atomic E-state index is -0.495. The summed E-state index contributed by atoms with van der Waals surface area (Å²) in [7, 11) is 0. The fourth-order valence-corrected chi connectivity index (χ4v) is 3.63. The normalized spacial score (nSPS) is 16.2. The first-order valence-electron chi connectivity index (χ1n) is 9.47. The standard InChI is InChI=1S/C21H26BrClN2O3/c22-17-4-6-21(7-5-17)28-13-12-27-16-20(26)15-24-8-10-25(11-9-24)19-3-1-2-18(23)14-19/h1-7,14,20,26H,8-13,15-16H2/t20-/m1/s1. The summed E-state index contributed by atoms with van der Waals surface area (Å²) in [6, 6.07) is 15.6. The van der Waals surface area contributed by atoms with Crippen molar-refractivity contribution in [1.29, 1.82) is 0 Å². The molecule has 152 valence electrons. The van der Waals surface area contributed by atoms with Crippen molar-refractivity contribution in [1.82, 2.24) is 4.90 Å². The SMILES string of the molecule is O[C@@H](COCCOc1ccc(Br)cc1)CN1CCN(c2cccc(Cl)c2)CC1. The van der Waals surface area contributed by atoms with Gasteiger partial charge in [0, 0.05) is 47.9 Å². The third-order valence-corrected chi connectivity index (χ3v) is 5.40. The summed E-state index contributed by atoms with van der Waals surface area (Å²) in [6.45, 7) is 5.54. The lowest BCUT2D eigenvalue weighted by molar-refractivity contribution is 0.00718. The molecule has 0 saturated carbocycles. The molecule has 1 N–H and O–H groups in total. The zero-order chi connectivity index (χ0) is 19.8. The van der Waals surface area contributed by atoms with E-state index < -0.39 is 6.10 Å². The molecule has 3 rings (SSSR count). The van der Waals surface area contributed by atoms with Crippen molar-refractivity contribution in [3.05, 3.63) is 58.0 Å². The average Bonchev–Trinajstić information content (AvgIpc) is 2.70. The quantitative estimate of drug-likeness (QED) is 0.568. The van der Waals surface area contributed by atoms with Crippen LogP contribution in [0.3, 0.4) is 0 Å². The molecule has 1 aliphatic heterocycles. The summed E-state index contributed by atoms with van der Waals surface area (Å²) in [6.07, 6.45) is -0.495. The Bertz CT molecular complexity index is 724. The average molecular weight is 470 g/mol. The van der Waals surface area contributed by atoms with Gasteiger partial charge >= 0.3 is 0 Å². The molecule has 7 heteroatoms. The fourth-order valence-electron chi connectivity index (χ4n) is 3.18. The minimum Gasteiger partial charge on any atom is -0.491 e. The van der Waals surface area contributed by atoms with Crippen molar-refractivity contribution in [2.75, 3.05) is 57.4 Å². The van der Waals surface area contributed by atoms with E-state index >= 15 is 0 Å². The third-order valence-electron chi connectivity index (χ3n) is 4.63. The monoisotopic (exact) mass is 468 g/mol. The van der Waals surface area contributed by atoms with Gasteiger partial charge in [0.25, 0.3) is 0 Å². The van der Waals surface area contributed by atoms with E-state index in [0.717, 1.165) is 47.1 Å². The van der Waals surface area contributed by atoms with E-state index in [4.69, 9.17) is 21.1 Å². The number of piperazine rings is 1. The number of aliphatic hydroxyl groups is 1. The molecule has 1 heterocycles. The summed E-state index contributed by atoms with van der Waals surface area (Å²) in [5.74, 6) is 0.810. The van der Waals surface area contributed by atoms with Crippen LogP contribution in [-0.2, 0) is 4.74 Å². The molecule has 0 radical (unpaired) electrons. The first-order valence-corrected chi connectivity index (χ1v) is 10.6. The Kier molecular flexibility index (Phi) is 8.43. The van der Waals surface area contributed by atoms with Crippen LogP contribution in [0.5, 0.6) is 5.75 Å². The van der Waals surface area contributed by atoms with E-state index in [-0.39, 0.29) is 0 Å². The van der Waals surface area contributed by atoms with Gasteiger partial charge in [-0.2, -0.15) is 0 Å². The molecule has 0 bridgehead atoms. The number of benzene rings is 2. The molecule has 0 unspecified atom stereocenters. The highest BCUT2D eigenvalue weighted by Crippen LogP contribution is 2.21. The van der Waals surface area contributed by atoms with Crippen LogP contribution in [0.4, 0.5) is 5.69 Å². The van der Waals surface area contributed by atoms with Gasteiger partial charge in [-0.15, -0.1) is 0 Å². The molecule has 0 aliphatic carbocycles. The predicted octanol–water partition coefficient (Wildman–Crippen LogP) is 3.68. The lowest BCUT2D eigenvalue weighted by atomic mass is 10.2. The van der Waals surface area contributed by atoms with Crippen molar-refractivity contribution < 1.29 is 14.6 Å². The molecule has 1 saturated heterocycles. The molecule has 1 fully saturated rings. The first kappa shape index (κ1) is 21.4. The molecular formula is C21H26BrClN2O3. The molecule has 2 aromatic rings. The van der Waals surface area contributed by atoms with E-state index in [1.807, 2.05) is 42.5 Å². The van der Waals surface area contributed by atoms with Gasteiger partial charge in [-0.25, -0.2) is 0 Å². The van der Waals surface area contributed by atoms with Crippen LogP contribution >= 0.6 is 27.5 Å². The van der Waals surface area contributed by atoms with Crippen LogP contribution in [-0.4, -0.2) is 68.7 Å². The number of hydrogen-bond acceptors (Lipinski definition) is 5. The summed E-state index contributed by atoms with van der Waals surface area (Å²) in [4.78, 5) is 4.60. The molecule has 1 atom stereocenters. The van der Waals surface area contributed by atoms with Crippen LogP contribution < -0.4 is 9.64 Å². The summed E-state index contributed by atoms with van der Waals surface area (Å²) < 4.78 is 12.2. The van der Waals surface area contributed by atoms with Gasteiger partial charge in [0.15, 0.2) is 0 Å². The smallest absolute Gasteiger partial charge is 0.119 e. The topological polar surface area (TPSA) is 45.2 Å². The van der Waals surface area contributed by atoms with Crippen molar-refractivity contribution >= 4 is 33.2 Å². The predicted molar refractivity (Wildman–Crippen MR) is 117 cm³/mol. The summed E-state index contributed by atoms with van der Waals surface area (Å²) in [5.41, 5.74) is 1.15. The van der Waals surface area contributed by atoms with E-state index in [9.17, 15) is 5.11 Å². The molecule has 28 heavy (non-hydrogen) atoms. The molecule has 0 aromatic heterocycles. The number of anilines is 1. The minimum absolute atomic E-state index is 0.318. The van der Waals surface area contributed by atoms with Crippen molar-refractivity contribution in [2.24, 2.45) is 0 Å². The Balaban J connectivity index is 1.28. The van der Waals surface area contributed by atoms with E-state index in [2.05, 4.69) is 31.8 Å². The number of nitrogens with zero attached hydrogens (tertiary/aromatic N) is 2. The van der Waals surface area contributed by atoms with Gasteiger partial charge < -0.3 is 19.5 Å². The number of halogens is 2. The molecular weight excluding hydrogens is 444 g/mol. The largest absolute Gasteiger partial charge is 0.491 e. The van der Waals surface area contributed by atoms with E-state index in [1.54, 1.807) is 0 Å². The van der Waals surface area contributed by atoms with Gasteiger partial charge in [0.05, 0.1) is 19.3 Å². The third kappa shape index (κ3) is 6.94. The second-order valence-electron chi connectivity index (χ2n) is 6.80. The molecule has 0 amide bonds. The molecule has 5 nitrogen and oxygen atoms in total. The number of rotatable bonds is 9. The summed E-state index contributed by atoms with van der Waals surface area (Å²) >= 11 is 9.47. The van der Waals surface area contributed by atoms with Crippen LogP contribution in [0.1, 0.15) is 0 Å². The van der Waals surface area contributed by atoms with Crippen molar-refractivity contribution in [2.45, 2.75) is 6.10 Å². The number of aliphatic hydroxyl groups excluding tert-OH is 1. The second-order valence-corrected chi connectivity index (χ2v) is 8.15. The van der Waals surface area contributed by atoms with Gasteiger partial charge in [0.1, 0.15) is 12.4 Å². The summed E-state index contributed by atoms with van der Waals surface area (Å²) in [5, 5.41) is 11.0. The van der Waals surface area contributed by atoms with E-state index in [1.165, 1.54) is 0 Å². The Morgan fingerprint density at radius 1 is 1.04 bits per heavy atom. The zero-order valence-electron chi connectivity index (χ0n) is 15.8. The van der Waals surface area contributed by atoms with Crippen molar-refractivity contribution in [3.8, 4) is 5.75 Å². The molecule has 1 aliphatic rings. The molecule has 0 spiro atoms. The van der Waals surface area contributed by atoms with Crippen LogP contribution in [0, 0.1) is 0 Å². The second kappa shape index (κ2) is 11.0. The van der Waals surface area contributed by atoms with Gasteiger partial charge in [-0.1, -0.05) is 33.6 Å². The highest BCUT2D eigenvalue weighted by molar-refractivity contribution is 9.10. The highest BCUT2D eigenvalue weighted by atomic mass is 79.9. The Morgan fingerprint density at radius 3 is 2.50 bits per heavy atom. The van der Waals surface area contributed by atoms with Gasteiger partial charge in [0.2, 0.25) is 0 Å².